The molecule has 0 spiro atoms. The molecule has 0 amide bonds. The van der Waals surface area contributed by atoms with Gasteiger partial charge in [-0.3, -0.25) is 0 Å². The monoisotopic (exact) mass is 265 g/mol. The molecular weight excluding hydrogens is 242 g/mol. The molecule has 1 aliphatic carbocycles. The molecule has 18 heavy (non-hydrogen) atoms. The lowest BCUT2D eigenvalue weighted by Crippen LogP contribution is -2.21. The summed E-state index contributed by atoms with van der Waals surface area (Å²) >= 11 is 1.85. The van der Waals surface area contributed by atoms with E-state index in [1.807, 2.05) is 18.8 Å². The number of rotatable bonds is 4. The molecule has 2 N–H and O–H groups in total. The van der Waals surface area contributed by atoms with Gasteiger partial charge in [0.25, 0.3) is 0 Å². The Morgan fingerprint density at radius 2 is 2.11 bits per heavy atom. The fourth-order valence-electron chi connectivity index (χ4n) is 2.50. The van der Waals surface area contributed by atoms with E-state index in [0.717, 1.165) is 19.4 Å². The quantitative estimate of drug-likeness (QED) is 0.820. The third-order valence-corrected chi connectivity index (χ3v) is 4.86. The summed E-state index contributed by atoms with van der Waals surface area (Å²) in [5.74, 6) is 0. The average Bonchev–Trinajstić information content (AvgIpc) is 2.56. The Labute approximate surface area is 114 Å². The van der Waals surface area contributed by atoms with Crippen LogP contribution in [0, 0.1) is 0 Å². The molecule has 1 aliphatic rings. The summed E-state index contributed by atoms with van der Waals surface area (Å²) in [6.45, 7) is 0.904. The van der Waals surface area contributed by atoms with Gasteiger partial charge in [-0.05, 0) is 37.6 Å². The number of thioether (sulfide) groups is 1. The molecule has 0 aliphatic heterocycles. The maximum atomic E-state index is 10.1. The fraction of sp³-hybridized carbons (Fsp3) is 0.600. The van der Waals surface area contributed by atoms with Gasteiger partial charge in [0.15, 0.2) is 0 Å². The largest absolute Gasteiger partial charge is 0.392 e. The lowest BCUT2D eigenvalue weighted by atomic mass is 10.1. The van der Waals surface area contributed by atoms with Crippen LogP contribution in [0.4, 0.5) is 0 Å². The van der Waals surface area contributed by atoms with Crippen LogP contribution in [0.1, 0.15) is 37.7 Å². The van der Waals surface area contributed by atoms with Crippen LogP contribution in [0.5, 0.6) is 0 Å². The summed E-state index contributed by atoms with van der Waals surface area (Å²) in [7, 11) is 1.97. The molecule has 1 aromatic rings. The van der Waals surface area contributed by atoms with Crippen molar-refractivity contribution in [1.29, 1.82) is 0 Å². The van der Waals surface area contributed by atoms with Crippen LogP contribution in [0.3, 0.4) is 0 Å². The third-order valence-electron chi connectivity index (χ3n) is 3.48. The number of nitrogens with one attached hydrogen (secondary N) is 1. The maximum Gasteiger partial charge on any atom is 0.0662 e. The molecule has 3 heteroatoms. The van der Waals surface area contributed by atoms with E-state index in [-0.39, 0.29) is 6.10 Å². The topological polar surface area (TPSA) is 32.3 Å². The van der Waals surface area contributed by atoms with Crippen LogP contribution >= 0.6 is 11.8 Å². The number of hydrogen-bond acceptors (Lipinski definition) is 3. The first-order chi connectivity index (χ1) is 8.79. The predicted octanol–water partition coefficient (Wildman–Crippen LogP) is 3.19. The highest BCUT2D eigenvalue weighted by atomic mass is 32.2. The summed E-state index contributed by atoms with van der Waals surface area (Å²) in [5.41, 5.74) is 1.31. The van der Waals surface area contributed by atoms with Gasteiger partial charge in [0.05, 0.1) is 6.10 Å². The van der Waals surface area contributed by atoms with Crippen LogP contribution in [0.25, 0.3) is 0 Å². The van der Waals surface area contributed by atoms with Crippen molar-refractivity contribution in [3.05, 3.63) is 29.8 Å². The zero-order valence-electron chi connectivity index (χ0n) is 11.1. The SMILES string of the molecule is CNCc1cccc(SC2CCCCCC2O)c1. The van der Waals surface area contributed by atoms with Gasteiger partial charge >= 0.3 is 0 Å². The van der Waals surface area contributed by atoms with E-state index >= 15 is 0 Å². The summed E-state index contributed by atoms with van der Waals surface area (Å²) in [5, 5.41) is 13.7. The average molecular weight is 265 g/mol. The minimum Gasteiger partial charge on any atom is -0.392 e. The lowest BCUT2D eigenvalue weighted by molar-refractivity contribution is 0.163. The molecule has 100 valence electrons. The van der Waals surface area contributed by atoms with Gasteiger partial charge in [-0.25, -0.2) is 0 Å². The van der Waals surface area contributed by atoms with Crippen LogP contribution in [-0.2, 0) is 6.54 Å². The first-order valence-electron chi connectivity index (χ1n) is 6.88. The van der Waals surface area contributed by atoms with Crippen LogP contribution in [0.15, 0.2) is 29.2 Å². The van der Waals surface area contributed by atoms with E-state index < -0.39 is 0 Å². The first-order valence-corrected chi connectivity index (χ1v) is 7.76. The number of aliphatic hydroxyl groups is 1. The van der Waals surface area contributed by atoms with Gasteiger partial charge in [-0.1, -0.05) is 31.4 Å². The smallest absolute Gasteiger partial charge is 0.0662 e. The van der Waals surface area contributed by atoms with Gasteiger partial charge in [0.2, 0.25) is 0 Å². The van der Waals surface area contributed by atoms with E-state index in [9.17, 15) is 5.11 Å². The number of hydrogen-bond donors (Lipinski definition) is 2. The van der Waals surface area contributed by atoms with Crippen molar-refractivity contribution in [3.8, 4) is 0 Å². The van der Waals surface area contributed by atoms with Crippen molar-refractivity contribution in [3.63, 3.8) is 0 Å². The molecular formula is C15H23NOS. The van der Waals surface area contributed by atoms with Crippen molar-refractivity contribution in [2.45, 2.75) is 54.9 Å². The van der Waals surface area contributed by atoms with Crippen LogP contribution in [0.2, 0.25) is 0 Å². The second-order valence-electron chi connectivity index (χ2n) is 5.04. The summed E-state index contributed by atoms with van der Waals surface area (Å²) in [6.07, 6.45) is 5.68. The molecule has 1 aromatic carbocycles. The molecule has 0 aromatic heterocycles. The zero-order chi connectivity index (χ0) is 12.8. The van der Waals surface area contributed by atoms with E-state index in [1.165, 1.54) is 29.7 Å². The normalized spacial score (nSPS) is 24.8. The molecule has 0 bridgehead atoms. The number of benzene rings is 1. The second-order valence-corrected chi connectivity index (χ2v) is 6.35. The van der Waals surface area contributed by atoms with Gasteiger partial charge < -0.3 is 10.4 Å². The second kappa shape index (κ2) is 7.17. The molecule has 0 radical (unpaired) electrons. The molecule has 1 saturated carbocycles. The molecule has 2 nitrogen and oxygen atoms in total. The Bertz CT molecular complexity index is 369. The maximum absolute atomic E-state index is 10.1. The van der Waals surface area contributed by atoms with Crippen molar-refractivity contribution < 1.29 is 5.11 Å². The Hall–Kier alpha value is -0.510. The van der Waals surface area contributed by atoms with Crippen molar-refractivity contribution in [2.24, 2.45) is 0 Å². The molecule has 0 saturated heterocycles. The molecule has 2 rings (SSSR count). The zero-order valence-corrected chi connectivity index (χ0v) is 11.9. The van der Waals surface area contributed by atoms with Gasteiger partial charge in [-0.15, -0.1) is 11.8 Å². The summed E-state index contributed by atoms with van der Waals surface area (Å²) in [6, 6.07) is 8.64. The molecule has 0 heterocycles. The van der Waals surface area contributed by atoms with E-state index in [0.29, 0.717) is 5.25 Å². The first kappa shape index (κ1) is 13.9. The summed E-state index contributed by atoms with van der Waals surface area (Å²) < 4.78 is 0. The molecule has 2 unspecified atom stereocenters. The standard InChI is InChI=1S/C15H23NOS/c1-16-11-12-6-5-7-13(10-12)18-15-9-4-2-3-8-14(15)17/h5-7,10,14-17H,2-4,8-9,11H2,1H3. The predicted molar refractivity (Wildman–Crippen MR) is 77.9 cm³/mol. The third kappa shape index (κ3) is 4.01. The highest BCUT2D eigenvalue weighted by Crippen LogP contribution is 2.33. The fourth-order valence-corrected chi connectivity index (χ4v) is 3.80. The minimum absolute atomic E-state index is 0.134. The number of aliphatic hydroxyl groups excluding tert-OH is 1. The minimum atomic E-state index is -0.134. The van der Waals surface area contributed by atoms with E-state index in [2.05, 4.69) is 29.6 Å². The lowest BCUT2D eigenvalue weighted by Gasteiger charge is -2.20. The van der Waals surface area contributed by atoms with Crippen LogP contribution in [-0.4, -0.2) is 23.5 Å². The highest BCUT2D eigenvalue weighted by molar-refractivity contribution is 8.00. The van der Waals surface area contributed by atoms with Crippen molar-refractivity contribution in [2.75, 3.05) is 7.05 Å². The molecule has 1 fully saturated rings. The van der Waals surface area contributed by atoms with Gasteiger partial charge in [0.1, 0.15) is 0 Å². The Morgan fingerprint density at radius 3 is 2.94 bits per heavy atom. The Balaban J connectivity index is 2.00. The van der Waals surface area contributed by atoms with Crippen molar-refractivity contribution >= 4 is 11.8 Å². The van der Waals surface area contributed by atoms with E-state index in [1.54, 1.807) is 0 Å². The van der Waals surface area contributed by atoms with Gasteiger partial charge in [0, 0.05) is 16.7 Å². The van der Waals surface area contributed by atoms with E-state index in [4.69, 9.17) is 0 Å². The molecule has 2 atom stereocenters. The van der Waals surface area contributed by atoms with Crippen LogP contribution < -0.4 is 5.32 Å². The Morgan fingerprint density at radius 1 is 1.28 bits per heavy atom. The van der Waals surface area contributed by atoms with Gasteiger partial charge in [-0.2, -0.15) is 0 Å². The highest BCUT2D eigenvalue weighted by Gasteiger charge is 2.22. The Kier molecular flexibility index (Phi) is 5.54. The summed E-state index contributed by atoms with van der Waals surface area (Å²) in [4.78, 5) is 1.29. The van der Waals surface area contributed by atoms with Crippen molar-refractivity contribution in [1.82, 2.24) is 5.32 Å².